The molecule has 108 valence electrons. The predicted molar refractivity (Wildman–Crippen MR) is 78.4 cm³/mol. The average Bonchev–Trinajstić information content (AvgIpc) is 3.24. The summed E-state index contributed by atoms with van der Waals surface area (Å²) in [6.45, 7) is 2.01. The van der Waals surface area contributed by atoms with Crippen molar-refractivity contribution in [2.24, 2.45) is 0 Å². The highest BCUT2D eigenvalue weighted by Crippen LogP contribution is 2.49. The molecule has 3 rings (SSSR count). The van der Waals surface area contributed by atoms with Gasteiger partial charge in [0.05, 0.1) is 5.41 Å². The van der Waals surface area contributed by atoms with E-state index >= 15 is 0 Å². The summed E-state index contributed by atoms with van der Waals surface area (Å²) < 4.78 is 5.75. The minimum absolute atomic E-state index is 0.0446. The van der Waals surface area contributed by atoms with Crippen LogP contribution in [0.15, 0.2) is 24.3 Å². The van der Waals surface area contributed by atoms with Crippen LogP contribution < -0.4 is 5.73 Å². The Hall–Kier alpha value is -1.55. The number of carbonyl (C=O) groups excluding carboxylic acids is 1. The van der Waals surface area contributed by atoms with Gasteiger partial charge in [-0.1, -0.05) is 12.1 Å². The molecule has 0 unspecified atom stereocenters. The zero-order chi connectivity index (χ0) is 14.2. The molecule has 1 aromatic rings. The maximum absolute atomic E-state index is 12.5. The number of anilines is 1. The molecule has 0 amide bonds. The lowest BCUT2D eigenvalue weighted by Gasteiger charge is -2.29. The maximum Gasteiger partial charge on any atom is 0.316 e. The van der Waals surface area contributed by atoms with Gasteiger partial charge in [0.25, 0.3) is 0 Å². The number of piperidine rings is 1. The Morgan fingerprint density at radius 3 is 2.40 bits per heavy atom. The van der Waals surface area contributed by atoms with Gasteiger partial charge in [-0.2, -0.15) is 0 Å². The monoisotopic (exact) mass is 274 g/mol. The first kappa shape index (κ1) is 13.4. The maximum atomic E-state index is 12.5. The highest BCUT2D eigenvalue weighted by Gasteiger charge is 2.53. The number of carbonyl (C=O) groups is 1. The second-order valence-electron chi connectivity index (χ2n) is 6.11. The fourth-order valence-corrected chi connectivity index (χ4v) is 2.90. The standard InChI is InChI=1S/C16H22N2O2/c1-18-10-6-14(7-11-18)20-15(19)16(8-9-16)12-2-4-13(17)5-3-12/h2-5,14H,6-11,17H2,1H3. The van der Waals surface area contributed by atoms with Gasteiger partial charge in [-0.15, -0.1) is 0 Å². The summed E-state index contributed by atoms with van der Waals surface area (Å²) in [4.78, 5) is 14.8. The summed E-state index contributed by atoms with van der Waals surface area (Å²) in [6.07, 6.45) is 3.76. The zero-order valence-electron chi connectivity index (χ0n) is 12.0. The molecule has 1 saturated heterocycles. The number of hydrogen-bond acceptors (Lipinski definition) is 4. The van der Waals surface area contributed by atoms with Crippen molar-refractivity contribution in [2.45, 2.75) is 37.2 Å². The summed E-state index contributed by atoms with van der Waals surface area (Å²) in [5.74, 6) is -0.0446. The molecule has 1 aliphatic carbocycles. The number of nitrogens with two attached hydrogens (primary N) is 1. The van der Waals surface area contributed by atoms with Gasteiger partial charge in [-0.05, 0) is 50.4 Å². The van der Waals surface area contributed by atoms with Gasteiger partial charge in [-0.3, -0.25) is 4.79 Å². The third kappa shape index (κ3) is 2.52. The molecule has 0 atom stereocenters. The molecule has 0 spiro atoms. The van der Waals surface area contributed by atoms with Gasteiger partial charge in [0.2, 0.25) is 0 Å². The third-order valence-electron chi connectivity index (χ3n) is 4.54. The molecule has 0 aromatic heterocycles. The van der Waals surface area contributed by atoms with Crippen LogP contribution in [-0.2, 0) is 14.9 Å². The molecule has 20 heavy (non-hydrogen) atoms. The molecule has 4 heteroatoms. The molecule has 4 nitrogen and oxygen atoms in total. The van der Waals surface area contributed by atoms with Crippen molar-refractivity contribution >= 4 is 11.7 Å². The minimum Gasteiger partial charge on any atom is -0.462 e. The van der Waals surface area contributed by atoms with Crippen LogP contribution in [0.4, 0.5) is 5.69 Å². The van der Waals surface area contributed by atoms with Crippen LogP contribution >= 0.6 is 0 Å². The Bertz CT molecular complexity index is 486. The van der Waals surface area contributed by atoms with E-state index < -0.39 is 5.41 Å². The van der Waals surface area contributed by atoms with E-state index in [1.807, 2.05) is 24.3 Å². The van der Waals surface area contributed by atoms with Gasteiger partial charge < -0.3 is 15.4 Å². The summed E-state index contributed by atoms with van der Waals surface area (Å²) in [7, 11) is 2.11. The van der Waals surface area contributed by atoms with E-state index in [-0.39, 0.29) is 12.1 Å². The molecule has 2 N–H and O–H groups in total. The van der Waals surface area contributed by atoms with E-state index in [0.29, 0.717) is 0 Å². The molecule has 1 aromatic carbocycles. The highest BCUT2D eigenvalue weighted by molar-refractivity contribution is 5.86. The summed E-state index contributed by atoms with van der Waals surface area (Å²) in [5, 5.41) is 0. The Kier molecular flexibility index (Phi) is 3.42. The van der Waals surface area contributed by atoms with Crippen LogP contribution in [0, 0.1) is 0 Å². The van der Waals surface area contributed by atoms with E-state index in [1.165, 1.54) is 0 Å². The van der Waals surface area contributed by atoms with Crippen LogP contribution in [0.25, 0.3) is 0 Å². The molecule has 1 aliphatic heterocycles. The molecular formula is C16H22N2O2. The molecule has 1 heterocycles. The van der Waals surface area contributed by atoms with Gasteiger partial charge in [0, 0.05) is 18.8 Å². The Morgan fingerprint density at radius 2 is 1.85 bits per heavy atom. The molecule has 0 bridgehead atoms. The van der Waals surface area contributed by atoms with E-state index in [0.717, 1.165) is 50.0 Å². The van der Waals surface area contributed by atoms with E-state index in [9.17, 15) is 4.79 Å². The van der Waals surface area contributed by atoms with Crippen molar-refractivity contribution in [1.82, 2.24) is 4.90 Å². The number of likely N-dealkylation sites (tertiary alicyclic amines) is 1. The molecule has 2 fully saturated rings. The number of esters is 1. The number of benzene rings is 1. The number of nitrogens with zero attached hydrogens (tertiary/aromatic N) is 1. The number of hydrogen-bond donors (Lipinski definition) is 1. The Balaban J connectivity index is 1.66. The minimum atomic E-state index is -0.392. The van der Waals surface area contributed by atoms with Crippen LogP contribution in [0.2, 0.25) is 0 Å². The van der Waals surface area contributed by atoms with E-state index in [2.05, 4.69) is 11.9 Å². The fourth-order valence-electron chi connectivity index (χ4n) is 2.90. The molecule has 0 radical (unpaired) electrons. The van der Waals surface area contributed by atoms with Crippen molar-refractivity contribution in [1.29, 1.82) is 0 Å². The first-order chi connectivity index (χ1) is 9.60. The van der Waals surface area contributed by atoms with Crippen molar-refractivity contribution < 1.29 is 9.53 Å². The lowest BCUT2D eigenvalue weighted by molar-refractivity contribution is -0.154. The van der Waals surface area contributed by atoms with Gasteiger partial charge in [-0.25, -0.2) is 0 Å². The van der Waals surface area contributed by atoms with Crippen molar-refractivity contribution in [3.8, 4) is 0 Å². The highest BCUT2D eigenvalue weighted by atomic mass is 16.5. The van der Waals surface area contributed by atoms with Gasteiger partial charge in [0.15, 0.2) is 0 Å². The number of rotatable bonds is 3. The van der Waals surface area contributed by atoms with Crippen LogP contribution in [0.3, 0.4) is 0 Å². The third-order valence-corrected chi connectivity index (χ3v) is 4.54. The number of ether oxygens (including phenoxy) is 1. The normalized spacial score (nSPS) is 22.4. The first-order valence-corrected chi connectivity index (χ1v) is 7.36. The van der Waals surface area contributed by atoms with Gasteiger partial charge in [0.1, 0.15) is 6.10 Å². The SMILES string of the molecule is CN1CCC(OC(=O)C2(c3ccc(N)cc3)CC2)CC1. The van der Waals surface area contributed by atoms with E-state index in [4.69, 9.17) is 10.5 Å². The summed E-state index contributed by atoms with van der Waals surface area (Å²) in [5.41, 5.74) is 7.09. The predicted octanol–water partition coefficient (Wildman–Crippen LogP) is 1.94. The van der Waals surface area contributed by atoms with Crippen LogP contribution in [0.1, 0.15) is 31.2 Å². The second kappa shape index (κ2) is 5.09. The van der Waals surface area contributed by atoms with Crippen molar-refractivity contribution in [3.05, 3.63) is 29.8 Å². The molecule has 2 aliphatic rings. The number of nitrogen functional groups attached to an aromatic ring is 1. The topological polar surface area (TPSA) is 55.6 Å². The lowest BCUT2D eigenvalue weighted by Crippen LogP contribution is -2.37. The van der Waals surface area contributed by atoms with Gasteiger partial charge >= 0.3 is 5.97 Å². The fraction of sp³-hybridized carbons (Fsp3) is 0.562. The average molecular weight is 274 g/mol. The molecular weight excluding hydrogens is 252 g/mol. The summed E-state index contributed by atoms with van der Waals surface area (Å²) in [6, 6.07) is 7.63. The largest absolute Gasteiger partial charge is 0.462 e. The quantitative estimate of drug-likeness (QED) is 0.676. The second-order valence-corrected chi connectivity index (χ2v) is 6.11. The van der Waals surface area contributed by atoms with Crippen molar-refractivity contribution in [3.63, 3.8) is 0 Å². The van der Waals surface area contributed by atoms with Crippen LogP contribution in [-0.4, -0.2) is 37.1 Å². The summed E-state index contributed by atoms with van der Waals surface area (Å²) >= 11 is 0. The Labute approximate surface area is 119 Å². The smallest absolute Gasteiger partial charge is 0.316 e. The van der Waals surface area contributed by atoms with E-state index in [1.54, 1.807) is 0 Å². The van der Waals surface area contributed by atoms with Crippen LogP contribution in [0.5, 0.6) is 0 Å². The van der Waals surface area contributed by atoms with Crippen molar-refractivity contribution in [2.75, 3.05) is 25.9 Å². The first-order valence-electron chi connectivity index (χ1n) is 7.36. The Morgan fingerprint density at radius 1 is 1.25 bits per heavy atom. The molecule has 1 saturated carbocycles. The lowest BCUT2D eigenvalue weighted by atomic mass is 9.95. The zero-order valence-corrected chi connectivity index (χ0v) is 12.0.